The molecule has 0 bridgehead atoms. The van der Waals surface area contributed by atoms with Crippen molar-refractivity contribution in [2.24, 2.45) is 0 Å². The van der Waals surface area contributed by atoms with Crippen LogP contribution in [0.3, 0.4) is 0 Å². The highest BCUT2D eigenvalue weighted by Crippen LogP contribution is 2.37. The summed E-state index contributed by atoms with van der Waals surface area (Å²) in [6, 6.07) is 22.3. The van der Waals surface area contributed by atoms with Crippen molar-refractivity contribution in [3.05, 3.63) is 82.9 Å². The van der Waals surface area contributed by atoms with Gasteiger partial charge in [0.05, 0.1) is 5.02 Å². The molecule has 0 radical (unpaired) electrons. The Bertz CT molecular complexity index is 1100. The second kappa shape index (κ2) is 9.94. The number of anilines is 1. The van der Waals surface area contributed by atoms with Crippen molar-refractivity contribution in [2.75, 3.05) is 44.4 Å². The number of halogens is 1. The van der Waals surface area contributed by atoms with Gasteiger partial charge in [-0.25, -0.2) is 0 Å². The molecule has 0 aromatic heterocycles. The Labute approximate surface area is 200 Å². The van der Waals surface area contributed by atoms with Gasteiger partial charge < -0.3 is 19.1 Å². The number of nitrogens with zero attached hydrogens (tertiary/aromatic N) is 2. The van der Waals surface area contributed by atoms with Gasteiger partial charge in [-0.15, -0.1) is 0 Å². The molecule has 0 spiro atoms. The summed E-state index contributed by atoms with van der Waals surface area (Å²) in [5.74, 6) is 2.25. The molecule has 172 valence electrons. The van der Waals surface area contributed by atoms with Crippen LogP contribution in [0.2, 0.25) is 5.02 Å². The van der Waals surface area contributed by atoms with Crippen molar-refractivity contribution in [2.45, 2.75) is 19.4 Å². The summed E-state index contributed by atoms with van der Waals surface area (Å²) in [5.41, 5.74) is 3.75. The van der Waals surface area contributed by atoms with Crippen molar-refractivity contribution in [1.29, 1.82) is 0 Å². The summed E-state index contributed by atoms with van der Waals surface area (Å²) >= 11 is 6.40. The van der Waals surface area contributed by atoms with Gasteiger partial charge in [0.2, 0.25) is 6.79 Å². The van der Waals surface area contributed by atoms with Crippen molar-refractivity contribution in [1.82, 2.24) is 4.90 Å². The molecule has 6 heteroatoms. The highest BCUT2D eigenvalue weighted by Gasteiger charge is 2.23. The first-order valence-corrected chi connectivity index (χ1v) is 11.9. The second-order valence-corrected chi connectivity index (χ2v) is 8.96. The first kappa shape index (κ1) is 21.9. The second-order valence-electron chi connectivity index (χ2n) is 8.55. The lowest BCUT2D eigenvalue weighted by Crippen LogP contribution is -2.47. The molecule has 3 aromatic carbocycles. The van der Waals surface area contributed by atoms with Gasteiger partial charge in [-0.2, -0.15) is 0 Å². The number of fused-ring (bicyclic) bond motifs is 1. The minimum atomic E-state index is -0.131. The number of piperazine rings is 1. The van der Waals surface area contributed by atoms with Crippen LogP contribution < -0.4 is 19.1 Å². The fourth-order valence-electron chi connectivity index (χ4n) is 4.53. The summed E-state index contributed by atoms with van der Waals surface area (Å²) in [6.07, 6.45) is 0.726. The SMILES string of the molecule is Cc1ccccc1N1CCN(CC[C@@H](Oc2ccccc2Cl)c2ccc3c(c2)OCO3)CC1. The smallest absolute Gasteiger partial charge is 0.231 e. The molecule has 5 nitrogen and oxygen atoms in total. The molecular formula is C27H29ClN2O3. The Morgan fingerprint density at radius 1 is 0.909 bits per heavy atom. The number of ether oxygens (including phenoxy) is 3. The number of para-hydroxylation sites is 2. The molecule has 0 N–H and O–H groups in total. The molecule has 1 atom stereocenters. The van der Waals surface area contributed by atoms with E-state index in [2.05, 4.69) is 47.1 Å². The zero-order valence-corrected chi connectivity index (χ0v) is 19.6. The van der Waals surface area contributed by atoms with Gasteiger partial charge >= 0.3 is 0 Å². The number of aryl methyl sites for hydroxylation is 1. The van der Waals surface area contributed by atoms with E-state index in [-0.39, 0.29) is 12.9 Å². The van der Waals surface area contributed by atoms with Crippen LogP contribution in [0.5, 0.6) is 17.2 Å². The largest absolute Gasteiger partial charge is 0.484 e. The molecule has 2 aliphatic heterocycles. The molecule has 1 fully saturated rings. The predicted octanol–water partition coefficient (Wildman–Crippen LogP) is 5.71. The van der Waals surface area contributed by atoms with Crippen molar-refractivity contribution in [3.8, 4) is 17.2 Å². The lowest BCUT2D eigenvalue weighted by atomic mass is 10.0. The maximum Gasteiger partial charge on any atom is 0.231 e. The summed E-state index contributed by atoms with van der Waals surface area (Å²) in [4.78, 5) is 5.01. The maximum atomic E-state index is 6.42. The third kappa shape index (κ3) is 5.05. The van der Waals surface area contributed by atoms with Gasteiger partial charge in [0.25, 0.3) is 0 Å². The lowest BCUT2D eigenvalue weighted by molar-refractivity contribution is 0.159. The van der Waals surface area contributed by atoms with Gasteiger partial charge in [0.1, 0.15) is 11.9 Å². The Balaban J connectivity index is 1.26. The molecule has 2 aliphatic rings. The van der Waals surface area contributed by atoms with Gasteiger partial charge in [-0.1, -0.05) is 48.0 Å². The monoisotopic (exact) mass is 464 g/mol. The zero-order chi connectivity index (χ0) is 22.6. The fraction of sp³-hybridized carbons (Fsp3) is 0.333. The maximum absolute atomic E-state index is 6.42. The van der Waals surface area contributed by atoms with Gasteiger partial charge in [-0.05, 0) is 48.4 Å². The normalized spacial score (nSPS) is 16.6. The fourth-order valence-corrected chi connectivity index (χ4v) is 4.71. The van der Waals surface area contributed by atoms with E-state index in [9.17, 15) is 0 Å². The Hall–Kier alpha value is -2.89. The third-order valence-corrected chi connectivity index (χ3v) is 6.72. The van der Waals surface area contributed by atoms with Crippen LogP contribution in [0.15, 0.2) is 66.7 Å². The summed E-state index contributed by atoms with van der Waals surface area (Å²) < 4.78 is 17.5. The van der Waals surface area contributed by atoms with Crippen LogP contribution in [-0.4, -0.2) is 44.4 Å². The molecule has 0 aliphatic carbocycles. The lowest BCUT2D eigenvalue weighted by Gasteiger charge is -2.37. The molecule has 1 saturated heterocycles. The van der Waals surface area contributed by atoms with Crippen molar-refractivity contribution >= 4 is 17.3 Å². The minimum absolute atomic E-state index is 0.131. The van der Waals surface area contributed by atoms with Crippen molar-refractivity contribution < 1.29 is 14.2 Å². The van der Waals surface area contributed by atoms with E-state index in [4.69, 9.17) is 25.8 Å². The molecule has 33 heavy (non-hydrogen) atoms. The first-order chi connectivity index (χ1) is 16.2. The van der Waals surface area contributed by atoms with E-state index in [1.165, 1.54) is 11.3 Å². The van der Waals surface area contributed by atoms with Gasteiger partial charge in [0.15, 0.2) is 11.5 Å². The Kier molecular flexibility index (Phi) is 6.60. The average Bonchev–Trinajstić information content (AvgIpc) is 3.32. The summed E-state index contributed by atoms with van der Waals surface area (Å²) in [7, 11) is 0. The number of hydrogen-bond donors (Lipinski definition) is 0. The van der Waals surface area contributed by atoms with E-state index in [0.717, 1.165) is 56.2 Å². The van der Waals surface area contributed by atoms with Gasteiger partial charge in [0, 0.05) is 44.8 Å². The topological polar surface area (TPSA) is 34.2 Å². The third-order valence-electron chi connectivity index (χ3n) is 6.41. The number of rotatable bonds is 7. The predicted molar refractivity (Wildman–Crippen MR) is 132 cm³/mol. The average molecular weight is 465 g/mol. The highest BCUT2D eigenvalue weighted by atomic mass is 35.5. The molecular weight excluding hydrogens is 436 g/mol. The highest BCUT2D eigenvalue weighted by molar-refractivity contribution is 6.32. The molecule has 3 aromatic rings. The van der Waals surface area contributed by atoms with Crippen molar-refractivity contribution in [3.63, 3.8) is 0 Å². The van der Waals surface area contributed by atoms with Crippen LogP contribution in [0, 0.1) is 6.92 Å². The molecule has 0 amide bonds. The zero-order valence-electron chi connectivity index (χ0n) is 18.9. The van der Waals surface area contributed by atoms with Crippen LogP contribution in [0.1, 0.15) is 23.7 Å². The Morgan fingerprint density at radius 2 is 1.67 bits per heavy atom. The molecule has 2 heterocycles. The van der Waals surface area contributed by atoms with Gasteiger partial charge in [-0.3, -0.25) is 4.90 Å². The van der Waals surface area contributed by atoms with E-state index in [1.807, 2.05) is 36.4 Å². The Morgan fingerprint density at radius 3 is 2.48 bits per heavy atom. The van der Waals surface area contributed by atoms with E-state index in [1.54, 1.807) is 0 Å². The number of hydrogen-bond acceptors (Lipinski definition) is 5. The number of benzene rings is 3. The van der Waals surface area contributed by atoms with E-state index in [0.29, 0.717) is 10.8 Å². The van der Waals surface area contributed by atoms with Crippen LogP contribution in [0.25, 0.3) is 0 Å². The van der Waals surface area contributed by atoms with E-state index >= 15 is 0 Å². The standard InChI is InChI=1S/C27H29ClN2O3/c1-20-6-2-4-8-23(20)30-16-14-29(15-17-30)13-12-24(33-25-9-5-3-7-22(25)28)21-10-11-26-27(18-21)32-19-31-26/h2-11,18,24H,12-17,19H2,1H3/t24-/m1/s1. The van der Waals surface area contributed by atoms with E-state index < -0.39 is 0 Å². The molecule has 0 unspecified atom stereocenters. The molecule has 5 rings (SSSR count). The van der Waals surface area contributed by atoms with Crippen LogP contribution in [-0.2, 0) is 0 Å². The summed E-state index contributed by atoms with van der Waals surface area (Å²) in [5, 5.41) is 0.620. The first-order valence-electron chi connectivity index (χ1n) is 11.5. The van der Waals surface area contributed by atoms with Crippen LogP contribution in [0.4, 0.5) is 5.69 Å². The summed E-state index contributed by atoms with van der Waals surface area (Å²) in [6.45, 7) is 7.54. The quantitative estimate of drug-likeness (QED) is 0.447. The van der Waals surface area contributed by atoms with Crippen LogP contribution >= 0.6 is 11.6 Å². The molecule has 0 saturated carbocycles. The minimum Gasteiger partial charge on any atom is -0.484 e.